The van der Waals surface area contributed by atoms with Crippen molar-refractivity contribution in [2.45, 2.75) is 44.6 Å². The Labute approximate surface area is 200 Å². The van der Waals surface area contributed by atoms with Gasteiger partial charge in [0, 0.05) is 13.1 Å². The lowest BCUT2D eigenvalue weighted by Gasteiger charge is -2.31. The fourth-order valence-corrected chi connectivity index (χ4v) is 4.77. The van der Waals surface area contributed by atoms with Crippen LogP contribution in [0.3, 0.4) is 0 Å². The molecular weight excluding hydrogens is 430 g/mol. The minimum Gasteiger partial charge on any atom is -0.339 e. The summed E-state index contributed by atoms with van der Waals surface area (Å²) in [5, 5.41) is 8.14. The average molecular weight is 460 g/mol. The number of benzene rings is 3. The number of nitrogens with one attached hydrogen (secondary N) is 2. The molecule has 33 heavy (non-hydrogen) atoms. The summed E-state index contributed by atoms with van der Waals surface area (Å²) in [6, 6.07) is 21.5. The van der Waals surface area contributed by atoms with Gasteiger partial charge in [-0.3, -0.25) is 9.59 Å². The van der Waals surface area contributed by atoms with Gasteiger partial charge in [0.2, 0.25) is 5.91 Å². The first-order valence-corrected chi connectivity index (χ1v) is 11.9. The summed E-state index contributed by atoms with van der Waals surface area (Å²) >= 11 is 5.39. The quantitative estimate of drug-likeness (QED) is 0.508. The van der Waals surface area contributed by atoms with Gasteiger partial charge in [0.15, 0.2) is 5.11 Å². The molecule has 0 bridgehead atoms. The number of rotatable bonds is 5. The zero-order chi connectivity index (χ0) is 23.2. The second-order valence-electron chi connectivity index (χ2n) is 8.57. The lowest BCUT2D eigenvalue weighted by Crippen LogP contribution is -2.39. The fraction of sp³-hybridized carbons (Fsp3) is 0.296. The molecule has 5 nitrogen and oxygen atoms in total. The number of hydrogen-bond donors (Lipinski definition) is 2. The third kappa shape index (κ3) is 5.57. The van der Waals surface area contributed by atoms with Crippen LogP contribution in [0, 0.1) is 0 Å². The predicted molar refractivity (Wildman–Crippen MR) is 137 cm³/mol. The summed E-state index contributed by atoms with van der Waals surface area (Å²) in [6.45, 7) is 0. The number of thiocarbonyl (C=S) groups is 1. The van der Waals surface area contributed by atoms with Crippen LogP contribution in [0.4, 0.5) is 5.69 Å². The van der Waals surface area contributed by atoms with Crippen molar-refractivity contribution in [3.05, 3.63) is 77.9 Å². The molecule has 2 amide bonds. The molecule has 0 heterocycles. The van der Waals surface area contributed by atoms with Gasteiger partial charge in [-0.15, -0.1) is 0 Å². The first-order valence-electron chi connectivity index (χ1n) is 11.5. The Morgan fingerprint density at radius 1 is 0.939 bits per heavy atom. The van der Waals surface area contributed by atoms with E-state index in [4.69, 9.17) is 12.2 Å². The summed E-state index contributed by atoms with van der Waals surface area (Å²) in [6.07, 6.45) is 5.86. The second kappa shape index (κ2) is 10.6. The van der Waals surface area contributed by atoms with Crippen LogP contribution in [-0.2, 0) is 11.2 Å². The molecule has 0 atom stereocenters. The van der Waals surface area contributed by atoms with Gasteiger partial charge < -0.3 is 15.5 Å². The second-order valence-corrected chi connectivity index (χ2v) is 8.98. The summed E-state index contributed by atoms with van der Waals surface area (Å²) < 4.78 is 0. The monoisotopic (exact) mass is 459 g/mol. The Balaban J connectivity index is 1.41. The van der Waals surface area contributed by atoms with Gasteiger partial charge in [0.25, 0.3) is 5.91 Å². The van der Waals surface area contributed by atoms with Crippen molar-refractivity contribution < 1.29 is 9.59 Å². The number of fused-ring (bicyclic) bond motifs is 1. The minimum absolute atomic E-state index is 0.0325. The molecule has 1 aliphatic carbocycles. The SMILES string of the molecule is CN(C(=O)c1ccccc1NC(=S)NC(=O)Cc1cccc2ccccc12)C1CCCCC1. The van der Waals surface area contributed by atoms with Crippen molar-refractivity contribution in [1.29, 1.82) is 0 Å². The third-order valence-electron chi connectivity index (χ3n) is 6.33. The van der Waals surface area contributed by atoms with Crippen LogP contribution in [0.2, 0.25) is 0 Å². The lowest BCUT2D eigenvalue weighted by molar-refractivity contribution is -0.119. The van der Waals surface area contributed by atoms with Crippen molar-refractivity contribution in [1.82, 2.24) is 10.2 Å². The van der Waals surface area contributed by atoms with E-state index < -0.39 is 0 Å². The molecule has 0 aromatic heterocycles. The molecule has 4 rings (SSSR count). The van der Waals surface area contributed by atoms with E-state index >= 15 is 0 Å². The van der Waals surface area contributed by atoms with Crippen LogP contribution in [0.15, 0.2) is 66.7 Å². The lowest BCUT2D eigenvalue weighted by atomic mass is 9.94. The number of nitrogens with zero attached hydrogens (tertiary/aromatic N) is 1. The summed E-state index contributed by atoms with van der Waals surface area (Å²) in [5.74, 6) is -0.234. The summed E-state index contributed by atoms with van der Waals surface area (Å²) in [4.78, 5) is 27.7. The Bertz CT molecular complexity index is 1170. The Morgan fingerprint density at radius 2 is 1.64 bits per heavy atom. The van der Waals surface area contributed by atoms with Crippen LogP contribution in [0.25, 0.3) is 10.8 Å². The number of carbonyl (C=O) groups is 2. The predicted octanol–water partition coefficient (Wildman–Crippen LogP) is 5.30. The van der Waals surface area contributed by atoms with Gasteiger partial charge >= 0.3 is 0 Å². The first-order chi connectivity index (χ1) is 16.0. The zero-order valence-electron chi connectivity index (χ0n) is 18.8. The van der Waals surface area contributed by atoms with Crippen molar-refractivity contribution in [2.75, 3.05) is 12.4 Å². The molecule has 6 heteroatoms. The van der Waals surface area contributed by atoms with Gasteiger partial charge in [-0.05, 0) is 53.5 Å². The maximum Gasteiger partial charge on any atom is 0.255 e. The van der Waals surface area contributed by atoms with Crippen LogP contribution in [-0.4, -0.2) is 34.9 Å². The zero-order valence-corrected chi connectivity index (χ0v) is 19.7. The van der Waals surface area contributed by atoms with Crippen molar-refractivity contribution in [3.63, 3.8) is 0 Å². The fourth-order valence-electron chi connectivity index (χ4n) is 4.55. The van der Waals surface area contributed by atoms with Crippen molar-refractivity contribution in [3.8, 4) is 0 Å². The van der Waals surface area contributed by atoms with E-state index in [1.165, 1.54) is 6.42 Å². The number of para-hydroxylation sites is 1. The topological polar surface area (TPSA) is 61.4 Å². The Kier molecular flexibility index (Phi) is 7.35. The molecule has 1 fully saturated rings. The van der Waals surface area contributed by atoms with Gasteiger partial charge in [-0.25, -0.2) is 0 Å². The molecule has 0 aliphatic heterocycles. The maximum absolute atomic E-state index is 13.2. The van der Waals surface area contributed by atoms with E-state index in [0.717, 1.165) is 42.0 Å². The van der Waals surface area contributed by atoms with E-state index in [0.29, 0.717) is 11.3 Å². The largest absolute Gasteiger partial charge is 0.339 e. The van der Waals surface area contributed by atoms with E-state index in [1.807, 2.05) is 72.6 Å². The highest BCUT2D eigenvalue weighted by Gasteiger charge is 2.24. The van der Waals surface area contributed by atoms with Crippen LogP contribution < -0.4 is 10.6 Å². The van der Waals surface area contributed by atoms with Gasteiger partial charge in [0.1, 0.15) is 0 Å². The van der Waals surface area contributed by atoms with Gasteiger partial charge in [-0.1, -0.05) is 73.9 Å². The minimum atomic E-state index is -0.202. The molecule has 3 aromatic rings. The van der Waals surface area contributed by atoms with E-state index in [1.54, 1.807) is 6.07 Å². The molecule has 1 aliphatic rings. The van der Waals surface area contributed by atoms with E-state index in [2.05, 4.69) is 10.6 Å². The van der Waals surface area contributed by atoms with Crippen LogP contribution in [0.1, 0.15) is 48.0 Å². The highest BCUT2D eigenvalue weighted by molar-refractivity contribution is 7.80. The molecule has 0 spiro atoms. The van der Waals surface area contributed by atoms with Crippen molar-refractivity contribution >= 4 is 45.6 Å². The molecule has 3 aromatic carbocycles. The first kappa shape index (κ1) is 22.9. The summed E-state index contributed by atoms with van der Waals surface area (Å²) in [5.41, 5.74) is 2.09. The Morgan fingerprint density at radius 3 is 2.45 bits per heavy atom. The number of carbonyl (C=O) groups excluding carboxylic acids is 2. The van der Waals surface area contributed by atoms with Crippen LogP contribution in [0.5, 0.6) is 0 Å². The Hall–Kier alpha value is -3.25. The number of anilines is 1. The average Bonchev–Trinajstić information content (AvgIpc) is 2.84. The van der Waals surface area contributed by atoms with Crippen molar-refractivity contribution in [2.24, 2.45) is 0 Å². The highest BCUT2D eigenvalue weighted by Crippen LogP contribution is 2.25. The molecule has 0 saturated heterocycles. The number of hydrogen-bond acceptors (Lipinski definition) is 3. The summed E-state index contributed by atoms with van der Waals surface area (Å²) in [7, 11) is 1.87. The van der Waals surface area contributed by atoms with Gasteiger partial charge in [-0.2, -0.15) is 0 Å². The van der Waals surface area contributed by atoms with E-state index in [9.17, 15) is 9.59 Å². The maximum atomic E-state index is 13.2. The smallest absolute Gasteiger partial charge is 0.255 e. The van der Waals surface area contributed by atoms with Gasteiger partial charge in [0.05, 0.1) is 17.7 Å². The molecule has 0 radical (unpaired) electrons. The highest BCUT2D eigenvalue weighted by atomic mass is 32.1. The van der Waals surface area contributed by atoms with E-state index in [-0.39, 0.29) is 29.4 Å². The molecule has 2 N–H and O–H groups in total. The molecule has 170 valence electrons. The number of amides is 2. The molecule has 1 saturated carbocycles. The molecule has 0 unspecified atom stereocenters. The standard InChI is InChI=1S/C27H29N3O2S/c1-30(21-13-3-2-4-14-21)26(32)23-16-7-8-17-24(23)28-27(33)29-25(31)18-20-12-9-11-19-10-5-6-15-22(19)20/h5-12,15-17,21H,2-4,13-14,18H2,1H3,(H2,28,29,31,33). The third-order valence-corrected chi connectivity index (χ3v) is 6.54. The van der Waals surface area contributed by atoms with Crippen LogP contribution >= 0.6 is 12.2 Å². The normalized spacial score (nSPS) is 14.0. The molecular formula is C27H29N3O2S.